The van der Waals surface area contributed by atoms with E-state index >= 15 is 0 Å². The zero-order chi connectivity index (χ0) is 25.3. The van der Waals surface area contributed by atoms with Gasteiger partial charge in [-0.05, 0) is 30.7 Å². The van der Waals surface area contributed by atoms with E-state index in [2.05, 4.69) is 22.5 Å². The molecule has 0 bridgehead atoms. The summed E-state index contributed by atoms with van der Waals surface area (Å²) in [7, 11) is -3.40. The quantitative estimate of drug-likeness (QED) is 0.235. The Balaban J connectivity index is 1.58. The fraction of sp³-hybridized carbons (Fsp3) is 0.375. The van der Waals surface area contributed by atoms with Gasteiger partial charge in [-0.3, -0.25) is 14.9 Å². The number of carboxylic acids is 1. The molecular weight excluding hydrogens is 506 g/mol. The number of nitrogens with one attached hydrogen (secondary N) is 2. The van der Waals surface area contributed by atoms with Gasteiger partial charge >= 0.3 is 5.97 Å². The van der Waals surface area contributed by atoms with Gasteiger partial charge in [0.05, 0.1) is 33.3 Å². The van der Waals surface area contributed by atoms with E-state index < -0.39 is 15.8 Å². The van der Waals surface area contributed by atoms with Crippen LogP contribution in [-0.2, 0) is 27.6 Å². The first-order chi connectivity index (χ1) is 16.8. The topological polar surface area (TPSA) is 125 Å². The first kappa shape index (κ1) is 26.8. The zero-order valence-corrected chi connectivity index (χ0v) is 21.9. The van der Waals surface area contributed by atoms with Crippen LogP contribution in [0.2, 0.25) is 0 Å². The van der Waals surface area contributed by atoms with Gasteiger partial charge in [0.1, 0.15) is 0 Å². The number of anilines is 2. The number of rotatable bonds is 14. The summed E-state index contributed by atoms with van der Waals surface area (Å²) in [6, 6.07) is 10.4. The van der Waals surface area contributed by atoms with Crippen molar-refractivity contribution in [3.8, 4) is 0 Å². The first-order valence-electron chi connectivity index (χ1n) is 11.4. The Kier molecular flexibility index (Phi) is 9.82. The van der Waals surface area contributed by atoms with Crippen molar-refractivity contribution >= 4 is 55.2 Å². The predicted molar refractivity (Wildman–Crippen MR) is 140 cm³/mol. The fourth-order valence-corrected chi connectivity index (χ4v) is 6.54. The summed E-state index contributed by atoms with van der Waals surface area (Å²) in [4.78, 5) is 29.1. The van der Waals surface area contributed by atoms with Crippen LogP contribution in [0.5, 0.6) is 0 Å². The van der Waals surface area contributed by atoms with Crippen molar-refractivity contribution in [3.05, 3.63) is 57.2 Å². The average Bonchev–Trinajstić information content (AvgIpc) is 3.47. The van der Waals surface area contributed by atoms with Gasteiger partial charge in [0.15, 0.2) is 15.0 Å². The summed E-state index contributed by atoms with van der Waals surface area (Å²) in [5, 5.41) is 16.7. The molecule has 0 fully saturated rings. The lowest BCUT2D eigenvalue weighted by atomic mass is 10.2. The first-order valence-corrected chi connectivity index (χ1v) is 14.7. The summed E-state index contributed by atoms with van der Waals surface area (Å²) < 4.78 is 25.8. The second-order valence-electron chi connectivity index (χ2n) is 8.02. The summed E-state index contributed by atoms with van der Waals surface area (Å²) in [5.74, 6) is -1.18. The molecule has 0 aliphatic carbocycles. The Morgan fingerprint density at radius 1 is 1.06 bits per heavy atom. The number of aliphatic carboxylic acids is 1. The van der Waals surface area contributed by atoms with Gasteiger partial charge < -0.3 is 10.4 Å². The molecule has 0 aliphatic rings. The number of hydrogen-bond acceptors (Lipinski definition) is 8. The molecule has 0 atom stereocenters. The van der Waals surface area contributed by atoms with Gasteiger partial charge in [-0.2, -0.15) is 0 Å². The van der Waals surface area contributed by atoms with Crippen LogP contribution in [0.25, 0.3) is 0 Å². The van der Waals surface area contributed by atoms with Crippen molar-refractivity contribution < 1.29 is 23.1 Å². The van der Waals surface area contributed by atoms with Gasteiger partial charge in [0.25, 0.3) is 5.91 Å². The maximum absolute atomic E-state index is 12.9. The smallest absolute Gasteiger partial charge is 0.309 e. The Bertz CT molecular complexity index is 1250. The minimum atomic E-state index is -3.40. The molecule has 188 valence electrons. The standard InChI is InChI=1S/C24H29N3O5S3/c1-2-3-4-5-8-13-35(31,32)21-10-7-6-9-19(21)25-15-18-11-12-20(34-18)23(30)27-24-26-17(16-33-24)14-22(28)29/h6-7,9-12,16,25H,2-5,8,13-15H2,1H3,(H,28,29)(H,26,27,30). The highest BCUT2D eigenvalue weighted by Gasteiger charge is 2.18. The molecule has 2 heterocycles. The maximum atomic E-state index is 12.9. The van der Waals surface area contributed by atoms with E-state index in [9.17, 15) is 18.0 Å². The number of aromatic nitrogens is 1. The lowest BCUT2D eigenvalue weighted by Crippen LogP contribution is -2.11. The Hall–Kier alpha value is -2.76. The van der Waals surface area contributed by atoms with Crippen molar-refractivity contribution in [3.63, 3.8) is 0 Å². The molecule has 8 nitrogen and oxygen atoms in total. The third-order valence-electron chi connectivity index (χ3n) is 5.18. The third kappa shape index (κ3) is 8.15. The Morgan fingerprint density at radius 3 is 2.60 bits per heavy atom. The van der Waals surface area contributed by atoms with Crippen molar-refractivity contribution in [1.82, 2.24) is 4.98 Å². The second kappa shape index (κ2) is 12.8. The molecule has 0 saturated carbocycles. The molecule has 3 N–H and O–H groups in total. The molecule has 3 rings (SSSR count). The highest BCUT2D eigenvalue weighted by Crippen LogP contribution is 2.26. The van der Waals surface area contributed by atoms with Crippen LogP contribution in [0.3, 0.4) is 0 Å². The van der Waals surface area contributed by atoms with Gasteiger partial charge in [0, 0.05) is 16.8 Å². The number of thiazole rings is 1. The van der Waals surface area contributed by atoms with E-state index in [-0.39, 0.29) is 18.1 Å². The number of hydrogen-bond donors (Lipinski definition) is 3. The molecule has 0 saturated heterocycles. The van der Waals surface area contributed by atoms with Crippen LogP contribution in [-0.4, -0.2) is 36.1 Å². The molecule has 0 unspecified atom stereocenters. The van der Waals surface area contributed by atoms with E-state index in [1.807, 2.05) is 6.07 Å². The Morgan fingerprint density at radius 2 is 1.83 bits per heavy atom. The van der Waals surface area contributed by atoms with Crippen LogP contribution >= 0.6 is 22.7 Å². The summed E-state index contributed by atoms with van der Waals surface area (Å²) in [6.45, 7) is 2.50. The van der Waals surface area contributed by atoms with Crippen molar-refractivity contribution in [1.29, 1.82) is 0 Å². The highest BCUT2D eigenvalue weighted by molar-refractivity contribution is 7.91. The summed E-state index contributed by atoms with van der Waals surface area (Å²) in [6.07, 6.45) is 4.64. The number of para-hydroxylation sites is 1. The maximum Gasteiger partial charge on any atom is 0.309 e. The lowest BCUT2D eigenvalue weighted by molar-refractivity contribution is -0.136. The second-order valence-corrected chi connectivity index (χ2v) is 12.1. The van der Waals surface area contributed by atoms with Crippen molar-refractivity contribution in [2.45, 2.75) is 56.9 Å². The summed E-state index contributed by atoms with van der Waals surface area (Å²) >= 11 is 2.46. The molecule has 1 aromatic carbocycles. The molecule has 3 aromatic rings. The number of carbonyl (C=O) groups is 2. The minimum Gasteiger partial charge on any atom is -0.481 e. The van der Waals surface area contributed by atoms with Crippen LogP contribution in [0, 0.1) is 0 Å². The number of nitrogens with zero attached hydrogens (tertiary/aromatic N) is 1. The molecule has 0 aliphatic heterocycles. The third-order valence-corrected chi connectivity index (χ3v) is 8.92. The number of carbonyl (C=O) groups excluding carboxylic acids is 1. The minimum absolute atomic E-state index is 0.129. The van der Waals surface area contributed by atoms with Crippen molar-refractivity contribution in [2.24, 2.45) is 0 Å². The largest absolute Gasteiger partial charge is 0.481 e. The number of thiophene rings is 1. The predicted octanol–water partition coefficient (Wildman–Crippen LogP) is 5.44. The molecule has 2 aromatic heterocycles. The SMILES string of the molecule is CCCCCCCS(=O)(=O)c1ccccc1NCc1ccc(C(=O)Nc2nc(CC(=O)O)cs2)s1. The van der Waals surface area contributed by atoms with Crippen LogP contribution in [0.1, 0.15) is 59.3 Å². The van der Waals surface area contributed by atoms with Gasteiger partial charge in [-0.1, -0.05) is 44.7 Å². The van der Waals surface area contributed by atoms with E-state index in [0.717, 1.165) is 30.6 Å². The molecular formula is C24H29N3O5S3. The van der Waals surface area contributed by atoms with Gasteiger partial charge in [-0.15, -0.1) is 22.7 Å². The van der Waals surface area contributed by atoms with Gasteiger partial charge in [0.2, 0.25) is 0 Å². The van der Waals surface area contributed by atoms with Crippen LogP contribution < -0.4 is 10.6 Å². The van der Waals surface area contributed by atoms with E-state index in [0.29, 0.717) is 39.3 Å². The van der Waals surface area contributed by atoms with Crippen molar-refractivity contribution in [2.75, 3.05) is 16.4 Å². The van der Waals surface area contributed by atoms with E-state index in [4.69, 9.17) is 5.11 Å². The molecule has 0 spiro atoms. The van der Waals surface area contributed by atoms with Crippen LogP contribution in [0.15, 0.2) is 46.7 Å². The van der Waals surface area contributed by atoms with Gasteiger partial charge in [-0.25, -0.2) is 13.4 Å². The number of benzene rings is 1. The van der Waals surface area contributed by atoms with E-state index in [1.165, 1.54) is 22.7 Å². The Labute approximate surface area is 213 Å². The fourth-order valence-electron chi connectivity index (χ4n) is 3.43. The monoisotopic (exact) mass is 535 g/mol. The number of unbranched alkanes of at least 4 members (excludes halogenated alkanes) is 4. The van der Waals surface area contributed by atoms with E-state index in [1.54, 1.807) is 35.7 Å². The zero-order valence-electron chi connectivity index (χ0n) is 19.5. The number of sulfone groups is 1. The van der Waals surface area contributed by atoms with Crippen LogP contribution in [0.4, 0.5) is 10.8 Å². The lowest BCUT2D eigenvalue weighted by Gasteiger charge is -2.12. The highest BCUT2D eigenvalue weighted by atomic mass is 32.2. The normalized spacial score (nSPS) is 11.3. The number of amides is 1. The summed E-state index contributed by atoms with van der Waals surface area (Å²) in [5.41, 5.74) is 0.942. The molecule has 35 heavy (non-hydrogen) atoms. The average molecular weight is 536 g/mol. The molecule has 0 radical (unpaired) electrons. The molecule has 11 heteroatoms. The number of carboxylic acid groups (broad SMARTS) is 1. The molecule has 1 amide bonds.